The van der Waals surface area contributed by atoms with Crippen LogP contribution >= 0.6 is 0 Å². The third-order valence-corrected chi connectivity index (χ3v) is 5.61. The van der Waals surface area contributed by atoms with Gasteiger partial charge in [-0.2, -0.15) is 0 Å². The van der Waals surface area contributed by atoms with Crippen LogP contribution in [0.1, 0.15) is 37.0 Å². The molecule has 0 radical (unpaired) electrons. The third-order valence-electron chi connectivity index (χ3n) is 5.61. The fourth-order valence-electron chi connectivity index (χ4n) is 3.81. The lowest BCUT2D eigenvalue weighted by atomic mass is 10.1. The first-order valence-corrected chi connectivity index (χ1v) is 10.5. The van der Waals surface area contributed by atoms with Gasteiger partial charge in [0.2, 0.25) is 11.8 Å². The molecule has 2 aliphatic rings. The van der Waals surface area contributed by atoms with Gasteiger partial charge in [0.25, 0.3) is 0 Å². The molecule has 6 nitrogen and oxygen atoms in total. The molecule has 160 valence electrons. The monoisotopic (exact) mass is 414 g/mol. The van der Waals surface area contributed by atoms with Gasteiger partial charge in [-0.25, -0.2) is 4.39 Å². The molecule has 0 N–H and O–H groups in total. The first-order valence-electron chi connectivity index (χ1n) is 10.5. The highest BCUT2D eigenvalue weighted by atomic mass is 19.1. The third kappa shape index (κ3) is 5.48. The summed E-state index contributed by atoms with van der Waals surface area (Å²) in [6, 6.07) is 9.67. The topological polar surface area (TPSA) is 63.0 Å². The number of ether oxygens (including phenoxy) is 1. The summed E-state index contributed by atoms with van der Waals surface area (Å²) in [5, 5.41) is 0. The predicted octanol–water partition coefficient (Wildman–Crippen LogP) is 3.16. The zero-order chi connectivity index (χ0) is 20.9. The maximum Gasteiger partial charge on any atom is 0.242 e. The maximum absolute atomic E-state index is 13.2. The summed E-state index contributed by atoms with van der Waals surface area (Å²) in [4.78, 5) is 29.5. The first-order chi connectivity index (χ1) is 14.6. The zero-order valence-electron chi connectivity index (χ0n) is 17.0. The van der Waals surface area contributed by atoms with Gasteiger partial charge in [-0.05, 0) is 55.5 Å². The van der Waals surface area contributed by atoms with Crippen LogP contribution in [0.3, 0.4) is 0 Å². The van der Waals surface area contributed by atoms with E-state index in [2.05, 4.69) is 0 Å². The molecule has 2 heterocycles. The zero-order valence-corrected chi connectivity index (χ0v) is 17.0. The fourth-order valence-corrected chi connectivity index (χ4v) is 3.81. The lowest BCUT2D eigenvalue weighted by Crippen LogP contribution is -2.46. The largest absolute Gasteiger partial charge is 0.467 e. The van der Waals surface area contributed by atoms with Crippen LogP contribution in [0.2, 0.25) is 0 Å². The van der Waals surface area contributed by atoms with E-state index >= 15 is 0 Å². The van der Waals surface area contributed by atoms with Gasteiger partial charge in [0.15, 0.2) is 0 Å². The van der Waals surface area contributed by atoms with Crippen molar-refractivity contribution in [3.8, 4) is 0 Å². The molecule has 0 bridgehead atoms. The summed E-state index contributed by atoms with van der Waals surface area (Å²) < 4.78 is 24.3. The standard InChI is InChI=1S/C23H27FN2O4/c24-18-7-5-17(6-8-18)13-22(27)26(19-9-10-19)16-23(28)25(14-20-3-1-11-29-20)15-21-4-2-12-30-21/h1,3,5-8,11,19,21H,2,4,9-10,12-16H2/t21-/m1/s1. The number of carbonyl (C=O) groups is 2. The van der Waals surface area contributed by atoms with Crippen molar-refractivity contribution in [1.29, 1.82) is 0 Å². The van der Waals surface area contributed by atoms with Gasteiger partial charge >= 0.3 is 0 Å². The molecular formula is C23H27FN2O4. The summed E-state index contributed by atoms with van der Waals surface area (Å²) in [5.41, 5.74) is 0.742. The smallest absolute Gasteiger partial charge is 0.242 e. The van der Waals surface area contributed by atoms with Gasteiger partial charge in [-0.1, -0.05) is 12.1 Å². The number of furan rings is 1. The molecule has 1 aliphatic carbocycles. The molecule has 0 spiro atoms. The van der Waals surface area contributed by atoms with Gasteiger partial charge in [0, 0.05) is 19.2 Å². The van der Waals surface area contributed by atoms with Crippen LogP contribution in [-0.2, 0) is 27.3 Å². The molecule has 1 saturated carbocycles. The SMILES string of the molecule is O=C(CN(C(=O)Cc1ccc(F)cc1)C1CC1)N(Cc1ccco1)C[C@H]1CCCO1. The Bertz CT molecular complexity index is 843. The van der Waals surface area contributed by atoms with Crippen LogP contribution in [0, 0.1) is 5.82 Å². The second-order valence-electron chi connectivity index (χ2n) is 8.04. The van der Waals surface area contributed by atoms with Crippen molar-refractivity contribution in [3.63, 3.8) is 0 Å². The highest BCUT2D eigenvalue weighted by Crippen LogP contribution is 2.28. The molecule has 30 heavy (non-hydrogen) atoms. The van der Waals surface area contributed by atoms with Crippen LogP contribution in [-0.4, -0.2) is 53.5 Å². The average Bonchev–Trinajstić information content (AvgIpc) is 3.20. The molecule has 2 fully saturated rings. The minimum Gasteiger partial charge on any atom is -0.467 e. The minimum atomic E-state index is -0.330. The number of hydrogen-bond acceptors (Lipinski definition) is 4. The second-order valence-corrected chi connectivity index (χ2v) is 8.04. The van der Waals surface area contributed by atoms with Crippen molar-refractivity contribution >= 4 is 11.8 Å². The lowest BCUT2D eigenvalue weighted by molar-refractivity contribution is -0.142. The van der Waals surface area contributed by atoms with E-state index in [1.807, 2.05) is 6.07 Å². The van der Waals surface area contributed by atoms with Gasteiger partial charge in [-0.15, -0.1) is 0 Å². The van der Waals surface area contributed by atoms with Crippen molar-refractivity contribution in [1.82, 2.24) is 9.80 Å². The average molecular weight is 414 g/mol. The van der Waals surface area contributed by atoms with E-state index in [0.29, 0.717) is 18.8 Å². The normalized spacial score (nSPS) is 18.4. The van der Waals surface area contributed by atoms with Gasteiger partial charge < -0.3 is 19.0 Å². The Balaban J connectivity index is 1.42. The Morgan fingerprint density at radius 3 is 2.50 bits per heavy atom. The van der Waals surface area contributed by atoms with Crippen molar-refractivity contribution in [3.05, 3.63) is 59.8 Å². The second kappa shape index (κ2) is 9.43. The fraction of sp³-hybridized carbons (Fsp3) is 0.478. The summed E-state index contributed by atoms with van der Waals surface area (Å²) in [7, 11) is 0. The van der Waals surface area contributed by atoms with E-state index in [-0.39, 0.29) is 42.7 Å². The van der Waals surface area contributed by atoms with Crippen LogP contribution in [0.4, 0.5) is 4.39 Å². The number of hydrogen-bond donors (Lipinski definition) is 0. The summed E-state index contributed by atoms with van der Waals surface area (Å²) >= 11 is 0. The minimum absolute atomic E-state index is 0.0215. The Hall–Kier alpha value is -2.67. The van der Waals surface area contributed by atoms with Crippen LogP contribution in [0.5, 0.6) is 0 Å². The Kier molecular flexibility index (Phi) is 6.47. The molecule has 4 rings (SSSR count). The number of benzene rings is 1. The van der Waals surface area contributed by atoms with Crippen LogP contribution < -0.4 is 0 Å². The van der Waals surface area contributed by atoms with E-state index in [1.165, 1.54) is 12.1 Å². The molecule has 2 aromatic rings. The van der Waals surface area contributed by atoms with E-state index in [4.69, 9.17) is 9.15 Å². The van der Waals surface area contributed by atoms with Gasteiger partial charge in [-0.3, -0.25) is 9.59 Å². The number of halogens is 1. The molecule has 1 saturated heterocycles. The van der Waals surface area contributed by atoms with Gasteiger partial charge in [0.05, 0.1) is 25.3 Å². The Labute approximate surface area is 175 Å². The first kappa shape index (κ1) is 20.6. The molecule has 0 unspecified atom stereocenters. The van der Waals surface area contributed by atoms with Crippen molar-refractivity contribution < 1.29 is 23.1 Å². The molecule has 7 heteroatoms. The number of rotatable bonds is 9. The molecule has 1 atom stereocenters. The van der Waals surface area contributed by atoms with Gasteiger partial charge in [0.1, 0.15) is 18.1 Å². The maximum atomic E-state index is 13.2. The molecule has 1 aliphatic heterocycles. The molecular weight excluding hydrogens is 387 g/mol. The molecule has 1 aromatic carbocycles. The summed E-state index contributed by atoms with van der Waals surface area (Å²) in [6.45, 7) is 1.61. The highest BCUT2D eigenvalue weighted by molar-refractivity contribution is 5.86. The quantitative estimate of drug-likeness (QED) is 0.632. The molecule has 2 amide bonds. The highest BCUT2D eigenvalue weighted by Gasteiger charge is 2.35. The molecule has 1 aromatic heterocycles. The lowest BCUT2D eigenvalue weighted by Gasteiger charge is -2.29. The van der Waals surface area contributed by atoms with E-state index in [9.17, 15) is 14.0 Å². The number of carbonyl (C=O) groups excluding carboxylic acids is 2. The Morgan fingerprint density at radius 2 is 1.87 bits per heavy atom. The Morgan fingerprint density at radius 1 is 1.07 bits per heavy atom. The van der Waals surface area contributed by atoms with E-state index in [0.717, 1.165) is 37.9 Å². The van der Waals surface area contributed by atoms with E-state index < -0.39 is 0 Å². The van der Waals surface area contributed by atoms with Crippen molar-refractivity contribution in [2.45, 2.75) is 50.8 Å². The predicted molar refractivity (Wildman–Crippen MR) is 108 cm³/mol. The summed E-state index contributed by atoms with van der Waals surface area (Å²) in [5.74, 6) is 0.161. The van der Waals surface area contributed by atoms with Crippen LogP contribution in [0.25, 0.3) is 0 Å². The van der Waals surface area contributed by atoms with E-state index in [1.54, 1.807) is 34.3 Å². The van der Waals surface area contributed by atoms with Crippen molar-refractivity contribution in [2.24, 2.45) is 0 Å². The number of nitrogens with zero attached hydrogens (tertiary/aromatic N) is 2. The van der Waals surface area contributed by atoms with Crippen molar-refractivity contribution in [2.75, 3.05) is 19.7 Å². The summed E-state index contributed by atoms with van der Waals surface area (Å²) in [6.07, 6.45) is 5.52. The van der Waals surface area contributed by atoms with Crippen LogP contribution in [0.15, 0.2) is 47.1 Å². The number of amides is 2.